The number of aromatic hydroxyl groups is 1. The summed E-state index contributed by atoms with van der Waals surface area (Å²) in [5, 5.41) is 9.55. The van der Waals surface area contributed by atoms with Crippen molar-refractivity contribution in [2.24, 2.45) is 7.05 Å². The minimum atomic E-state index is 0.308. The molecule has 0 saturated heterocycles. The van der Waals surface area contributed by atoms with E-state index in [0.717, 1.165) is 11.3 Å². The maximum atomic E-state index is 9.55. The van der Waals surface area contributed by atoms with Crippen molar-refractivity contribution < 1.29 is 5.11 Å². The molecule has 1 aromatic carbocycles. The van der Waals surface area contributed by atoms with Crippen LogP contribution < -0.4 is 0 Å². The molecule has 0 aliphatic carbocycles. The highest BCUT2D eigenvalue weighted by molar-refractivity contribution is 5.71. The molecule has 1 N–H and O–H groups in total. The van der Waals surface area contributed by atoms with Gasteiger partial charge in [-0.1, -0.05) is 18.2 Å². The van der Waals surface area contributed by atoms with Gasteiger partial charge in [0, 0.05) is 24.5 Å². The maximum absolute atomic E-state index is 9.55. The van der Waals surface area contributed by atoms with Crippen molar-refractivity contribution in [3.63, 3.8) is 0 Å². The van der Waals surface area contributed by atoms with Crippen molar-refractivity contribution in [2.75, 3.05) is 0 Å². The number of aromatic nitrogens is 1. The van der Waals surface area contributed by atoms with E-state index < -0.39 is 0 Å². The molecule has 2 heteroatoms. The van der Waals surface area contributed by atoms with Gasteiger partial charge in [-0.3, -0.25) is 0 Å². The lowest BCUT2D eigenvalue weighted by molar-refractivity contribution is 0.474. The number of hydrogen-bond acceptors (Lipinski definition) is 1. The Morgan fingerprint density at radius 2 is 1.87 bits per heavy atom. The van der Waals surface area contributed by atoms with Crippen LogP contribution in [0.15, 0.2) is 42.6 Å². The highest BCUT2D eigenvalue weighted by atomic mass is 16.3. The number of phenolic OH excluding ortho intramolecular Hbond substituents is 1. The Balaban J connectivity index is 2.26. The molecule has 1 heterocycles. The molecule has 0 bridgehead atoms. The van der Waals surface area contributed by atoms with Gasteiger partial charge < -0.3 is 9.67 Å². The van der Waals surface area contributed by atoms with E-state index in [1.165, 1.54) is 0 Å². The zero-order chi connectivity index (χ0) is 10.7. The summed E-state index contributed by atoms with van der Waals surface area (Å²) in [7, 11) is 1.99. The topological polar surface area (TPSA) is 25.2 Å². The van der Waals surface area contributed by atoms with Gasteiger partial charge in [0.05, 0.1) is 0 Å². The smallest absolute Gasteiger partial charge is 0.122 e. The molecule has 15 heavy (non-hydrogen) atoms. The summed E-state index contributed by atoms with van der Waals surface area (Å²) in [4.78, 5) is 0. The zero-order valence-electron chi connectivity index (χ0n) is 8.59. The van der Waals surface area contributed by atoms with E-state index in [0.29, 0.717) is 5.75 Å². The fraction of sp³-hybridized carbons (Fsp3) is 0.0769. The average molecular weight is 199 g/mol. The Morgan fingerprint density at radius 3 is 2.53 bits per heavy atom. The van der Waals surface area contributed by atoms with Crippen molar-refractivity contribution >= 4 is 12.2 Å². The molecule has 2 nitrogen and oxygen atoms in total. The summed E-state index contributed by atoms with van der Waals surface area (Å²) >= 11 is 0. The van der Waals surface area contributed by atoms with Crippen LogP contribution in [0.1, 0.15) is 11.3 Å². The van der Waals surface area contributed by atoms with E-state index in [9.17, 15) is 5.11 Å². The summed E-state index contributed by atoms with van der Waals surface area (Å²) < 4.78 is 2.02. The first kappa shape index (κ1) is 9.59. The molecule has 0 saturated carbocycles. The first-order chi connectivity index (χ1) is 7.27. The Bertz CT molecular complexity index is 483. The lowest BCUT2D eigenvalue weighted by Gasteiger charge is -1.98. The van der Waals surface area contributed by atoms with Crippen molar-refractivity contribution in [3.8, 4) is 5.75 Å². The van der Waals surface area contributed by atoms with Crippen LogP contribution in [-0.4, -0.2) is 9.67 Å². The fourth-order valence-corrected chi connectivity index (χ4v) is 1.45. The molecule has 0 aliphatic rings. The molecule has 0 aliphatic heterocycles. The van der Waals surface area contributed by atoms with Crippen LogP contribution in [0.3, 0.4) is 0 Å². The summed E-state index contributed by atoms with van der Waals surface area (Å²) in [6, 6.07) is 11.3. The number of aryl methyl sites for hydroxylation is 1. The molecule has 1 aromatic heterocycles. The molecule has 0 fully saturated rings. The number of para-hydroxylation sites is 1. The molecule has 0 atom stereocenters. The van der Waals surface area contributed by atoms with Gasteiger partial charge in [-0.05, 0) is 30.4 Å². The Labute approximate surface area is 89.1 Å². The fourth-order valence-electron chi connectivity index (χ4n) is 1.45. The van der Waals surface area contributed by atoms with Gasteiger partial charge in [-0.15, -0.1) is 0 Å². The minimum absolute atomic E-state index is 0.308. The monoisotopic (exact) mass is 199 g/mol. The van der Waals surface area contributed by atoms with Gasteiger partial charge in [-0.25, -0.2) is 0 Å². The molecule has 2 rings (SSSR count). The first-order valence-corrected chi connectivity index (χ1v) is 4.85. The van der Waals surface area contributed by atoms with Gasteiger partial charge in [0.2, 0.25) is 0 Å². The van der Waals surface area contributed by atoms with Crippen LogP contribution in [0.4, 0.5) is 0 Å². The van der Waals surface area contributed by atoms with Crippen LogP contribution in [0.25, 0.3) is 12.2 Å². The van der Waals surface area contributed by atoms with Crippen LogP contribution in [0, 0.1) is 0 Å². The summed E-state index contributed by atoms with van der Waals surface area (Å²) in [5.74, 6) is 0.308. The van der Waals surface area contributed by atoms with Crippen molar-refractivity contribution in [3.05, 3.63) is 53.9 Å². The third-order valence-corrected chi connectivity index (χ3v) is 2.35. The molecule has 2 aromatic rings. The highest BCUT2D eigenvalue weighted by Crippen LogP contribution is 2.18. The van der Waals surface area contributed by atoms with Crippen LogP contribution in [0.5, 0.6) is 5.75 Å². The summed E-state index contributed by atoms with van der Waals surface area (Å²) in [5.41, 5.74) is 1.94. The third-order valence-electron chi connectivity index (χ3n) is 2.35. The van der Waals surface area contributed by atoms with Crippen LogP contribution in [0.2, 0.25) is 0 Å². The molecular formula is C13H13NO. The number of rotatable bonds is 2. The predicted octanol–water partition coefficient (Wildman–Crippen LogP) is 2.90. The predicted molar refractivity (Wildman–Crippen MR) is 62.4 cm³/mol. The molecule has 0 amide bonds. The van der Waals surface area contributed by atoms with Gasteiger partial charge >= 0.3 is 0 Å². The first-order valence-electron chi connectivity index (χ1n) is 4.85. The molecule has 0 unspecified atom stereocenters. The van der Waals surface area contributed by atoms with E-state index in [4.69, 9.17) is 0 Å². The summed E-state index contributed by atoms with van der Waals surface area (Å²) in [6.07, 6.45) is 5.88. The Hall–Kier alpha value is -1.96. The molecule has 0 radical (unpaired) electrons. The van der Waals surface area contributed by atoms with E-state index in [1.54, 1.807) is 6.07 Å². The second kappa shape index (κ2) is 4.05. The third kappa shape index (κ3) is 2.10. The SMILES string of the molecule is Cn1cccc1C=Cc1ccccc1O. The van der Waals surface area contributed by atoms with Gasteiger partial charge in [-0.2, -0.15) is 0 Å². The van der Waals surface area contributed by atoms with Crippen molar-refractivity contribution in [1.29, 1.82) is 0 Å². The second-order valence-corrected chi connectivity index (χ2v) is 3.44. The number of phenols is 1. The lowest BCUT2D eigenvalue weighted by atomic mass is 10.2. The van der Waals surface area contributed by atoms with Gasteiger partial charge in [0.1, 0.15) is 5.75 Å². The lowest BCUT2D eigenvalue weighted by Crippen LogP contribution is -1.86. The van der Waals surface area contributed by atoms with Gasteiger partial charge in [0.25, 0.3) is 0 Å². The van der Waals surface area contributed by atoms with E-state index >= 15 is 0 Å². The molecule has 0 spiro atoms. The van der Waals surface area contributed by atoms with Crippen LogP contribution in [-0.2, 0) is 7.05 Å². The number of nitrogens with zero attached hydrogens (tertiary/aromatic N) is 1. The van der Waals surface area contributed by atoms with Crippen molar-refractivity contribution in [1.82, 2.24) is 4.57 Å². The quantitative estimate of drug-likeness (QED) is 0.790. The molecular weight excluding hydrogens is 186 g/mol. The average Bonchev–Trinajstić information content (AvgIpc) is 2.63. The largest absolute Gasteiger partial charge is 0.507 e. The zero-order valence-corrected chi connectivity index (χ0v) is 8.59. The van der Waals surface area contributed by atoms with E-state index in [2.05, 4.69) is 0 Å². The molecule has 76 valence electrons. The maximum Gasteiger partial charge on any atom is 0.122 e. The standard InChI is InChI=1S/C13H13NO/c1-14-10-4-6-12(14)9-8-11-5-2-3-7-13(11)15/h2-10,15H,1H3. The van der Waals surface area contributed by atoms with Gasteiger partial charge in [0.15, 0.2) is 0 Å². The van der Waals surface area contributed by atoms with E-state index in [1.807, 2.05) is 60.3 Å². The van der Waals surface area contributed by atoms with Crippen molar-refractivity contribution in [2.45, 2.75) is 0 Å². The second-order valence-electron chi connectivity index (χ2n) is 3.44. The van der Waals surface area contributed by atoms with E-state index in [-0.39, 0.29) is 0 Å². The minimum Gasteiger partial charge on any atom is -0.507 e. The summed E-state index contributed by atoms with van der Waals surface area (Å²) in [6.45, 7) is 0. The van der Waals surface area contributed by atoms with Crippen LogP contribution >= 0.6 is 0 Å². The highest BCUT2D eigenvalue weighted by Gasteiger charge is 1.95. The Kier molecular flexibility index (Phi) is 2.59. The number of benzene rings is 1. The normalized spacial score (nSPS) is 11.0. The number of hydrogen-bond donors (Lipinski definition) is 1. The Morgan fingerprint density at radius 1 is 1.07 bits per heavy atom.